The first-order valence-electron chi connectivity index (χ1n) is 10.4. The summed E-state index contributed by atoms with van der Waals surface area (Å²) in [5.41, 5.74) is 4.26. The summed E-state index contributed by atoms with van der Waals surface area (Å²) >= 11 is 5.81. The summed E-state index contributed by atoms with van der Waals surface area (Å²) in [5.74, 6) is 0.817. The van der Waals surface area contributed by atoms with Crippen LogP contribution in [0, 0.1) is 0 Å². The van der Waals surface area contributed by atoms with Gasteiger partial charge in [0.2, 0.25) is 0 Å². The molecule has 1 aromatic carbocycles. The first-order chi connectivity index (χ1) is 15.7. The Balaban J connectivity index is 1.60. The van der Waals surface area contributed by atoms with Gasteiger partial charge in [0.25, 0.3) is 0 Å². The third-order valence-electron chi connectivity index (χ3n) is 5.71. The second-order valence-corrected chi connectivity index (χ2v) is 8.00. The zero-order chi connectivity index (χ0) is 21.9. The highest BCUT2D eigenvalue weighted by atomic mass is 32.1. The fourth-order valence-electron chi connectivity index (χ4n) is 4.21. The molecule has 0 saturated carbocycles. The average Bonchev–Trinajstić information content (AvgIpc) is 3.45. The highest BCUT2D eigenvalue weighted by Gasteiger charge is 2.41. The van der Waals surface area contributed by atoms with E-state index in [9.17, 15) is 0 Å². The third-order valence-corrected chi connectivity index (χ3v) is 6.07. The standard InChI is InChI=1S/C25H23N5OS/c1-31-20-7-4-6-19(16-20)29-15-5-9-22(29)24-23(21-8-2-3-12-27-21)28-25(32)30(24)17-18-10-13-26-14-11-18/h2-16,23-24H,17H2,1H3,(H,28,32)/t23-,24+/m0/s1. The molecule has 0 aliphatic carbocycles. The van der Waals surface area contributed by atoms with Crippen LogP contribution in [0.4, 0.5) is 0 Å². The summed E-state index contributed by atoms with van der Waals surface area (Å²) in [4.78, 5) is 11.0. The third kappa shape index (κ3) is 3.83. The van der Waals surface area contributed by atoms with E-state index in [2.05, 4.69) is 49.1 Å². The van der Waals surface area contributed by atoms with E-state index < -0.39 is 0 Å². The van der Waals surface area contributed by atoms with E-state index in [0.29, 0.717) is 11.7 Å². The van der Waals surface area contributed by atoms with Crippen molar-refractivity contribution in [3.8, 4) is 11.4 Å². The van der Waals surface area contributed by atoms with Gasteiger partial charge >= 0.3 is 0 Å². The van der Waals surface area contributed by atoms with Crippen molar-refractivity contribution in [3.63, 3.8) is 0 Å². The molecule has 4 aromatic rings. The Kier molecular flexibility index (Phi) is 5.56. The number of hydrogen-bond donors (Lipinski definition) is 1. The number of hydrogen-bond acceptors (Lipinski definition) is 4. The van der Waals surface area contributed by atoms with E-state index >= 15 is 0 Å². The Hall–Kier alpha value is -3.71. The van der Waals surface area contributed by atoms with Crippen molar-refractivity contribution in [2.24, 2.45) is 0 Å². The number of thiocarbonyl (C=S) groups is 1. The van der Waals surface area contributed by atoms with Gasteiger partial charge in [-0.1, -0.05) is 12.1 Å². The monoisotopic (exact) mass is 441 g/mol. The van der Waals surface area contributed by atoms with Crippen LogP contribution in [0.15, 0.2) is 91.5 Å². The Morgan fingerprint density at radius 1 is 1.00 bits per heavy atom. The van der Waals surface area contributed by atoms with Gasteiger partial charge in [0.1, 0.15) is 5.75 Å². The number of pyridine rings is 2. The summed E-state index contributed by atoms with van der Waals surface area (Å²) < 4.78 is 7.65. The van der Waals surface area contributed by atoms with Crippen LogP contribution in [0.3, 0.4) is 0 Å². The lowest BCUT2D eigenvalue weighted by molar-refractivity contribution is 0.302. The number of rotatable bonds is 6. The molecule has 1 saturated heterocycles. The first-order valence-corrected chi connectivity index (χ1v) is 10.8. The predicted molar refractivity (Wildman–Crippen MR) is 128 cm³/mol. The molecule has 0 spiro atoms. The molecule has 3 aromatic heterocycles. The van der Waals surface area contributed by atoms with Crippen molar-refractivity contribution >= 4 is 17.3 Å². The van der Waals surface area contributed by atoms with E-state index in [4.69, 9.17) is 17.0 Å². The fraction of sp³-hybridized carbons (Fsp3) is 0.160. The lowest BCUT2D eigenvalue weighted by Crippen LogP contribution is -2.30. The van der Waals surface area contributed by atoms with Crippen LogP contribution in [-0.4, -0.2) is 31.7 Å². The molecule has 4 heterocycles. The Labute approximate surface area is 192 Å². The highest BCUT2D eigenvalue weighted by Crippen LogP contribution is 2.40. The minimum atomic E-state index is -0.0789. The molecule has 6 nitrogen and oxygen atoms in total. The molecule has 1 fully saturated rings. The number of benzene rings is 1. The average molecular weight is 442 g/mol. The molecular weight excluding hydrogens is 418 g/mol. The first kappa shape index (κ1) is 20.2. The van der Waals surface area contributed by atoms with Gasteiger partial charge in [0.15, 0.2) is 5.11 Å². The smallest absolute Gasteiger partial charge is 0.170 e. The van der Waals surface area contributed by atoms with Gasteiger partial charge < -0.3 is 19.5 Å². The molecular formula is C25H23N5OS. The maximum absolute atomic E-state index is 5.81. The number of nitrogens with zero attached hydrogens (tertiary/aromatic N) is 4. The molecule has 32 heavy (non-hydrogen) atoms. The van der Waals surface area contributed by atoms with Crippen molar-refractivity contribution in [1.82, 2.24) is 24.8 Å². The normalized spacial score (nSPS) is 17.9. The van der Waals surface area contributed by atoms with Crippen LogP contribution in [0.2, 0.25) is 0 Å². The van der Waals surface area contributed by atoms with Gasteiger partial charge in [-0.05, 0) is 66.3 Å². The molecule has 0 bridgehead atoms. The predicted octanol–water partition coefficient (Wildman–Crippen LogP) is 4.45. The summed E-state index contributed by atoms with van der Waals surface area (Å²) in [6.07, 6.45) is 7.52. The summed E-state index contributed by atoms with van der Waals surface area (Å²) in [6, 6.07) is 22.2. The Morgan fingerprint density at radius 3 is 2.66 bits per heavy atom. The maximum atomic E-state index is 5.81. The van der Waals surface area contributed by atoms with Gasteiger partial charge in [0, 0.05) is 48.8 Å². The minimum absolute atomic E-state index is 0.0493. The summed E-state index contributed by atoms with van der Waals surface area (Å²) in [5, 5.41) is 4.23. The molecule has 7 heteroatoms. The number of aromatic nitrogens is 3. The SMILES string of the molecule is COc1cccc(-n2cccc2[C@@H]2[C@H](c3ccccn3)NC(=S)N2Cc2ccncc2)c1. The summed E-state index contributed by atoms with van der Waals surface area (Å²) in [6.45, 7) is 0.672. The Morgan fingerprint density at radius 2 is 1.88 bits per heavy atom. The van der Waals surface area contributed by atoms with E-state index in [-0.39, 0.29) is 12.1 Å². The molecule has 5 rings (SSSR count). The topological polar surface area (TPSA) is 55.2 Å². The summed E-state index contributed by atoms with van der Waals surface area (Å²) in [7, 11) is 1.68. The minimum Gasteiger partial charge on any atom is -0.497 e. The van der Waals surface area contributed by atoms with Crippen molar-refractivity contribution in [2.75, 3.05) is 7.11 Å². The lowest BCUT2D eigenvalue weighted by atomic mass is 10.0. The molecule has 160 valence electrons. The number of methoxy groups -OCH3 is 1. The van der Waals surface area contributed by atoms with E-state index in [0.717, 1.165) is 28.4 Å². The molecule has 2 atom stereocenters. The van der Waals surface area contributed by atoms with Crippen molar-refractivity contribution in [3.05, 3.63) is 108 Å². The van der Waals surface area contributed by atoms with Crippen LogP contribution in [0.25, 0.3) is 5.69 Å². The van der Waals surface area contributed by atoms with E-state index in [1.54, 1.807) is 7.11 Å². The largest absolute Gasteiger partial charge is 0.497 e. The van der Waals surface area contributed by atoms with Gasteiger partial charge in [-0.3, -0.25) is 9.97 Å². The van der Waals surface area contributed by atoms with Crippen molar-refractivity contribution < 1.29 is 4.74 Å². The molecule has 1 aliphatic rings. The number of nitrogens with one attached hydrogen (secondary N) is 1. The van der Waals surface area contributed by atoms with Crippen LogP contribution >= 0.6 is 12.2 Å². The second kappa shape index (κ2) is 8.80. The van der Waals surface area contributed by atoms with Crippen molar-refractivity contribution in [2.45, 2.75) is 18.6 Å². The van der Waals surface area contributed by atoms with E-state index in [1.807, 2.05) is 67.1 Å². The lowest BCUT2D eigenvalue weighted by Gasteiger charge is -2.29. The highest BCUT2D eigenvalue weighted by molar-refractivity contribution is 7.80. The van der Waals surface area contributed by atoms with Gasteiger partial charge in [-0.15, -0.1) is 0 Å². The van der Waals surface area contributed by atoms with E-state index in [1.165, 1.54) is 0 Å². The zero-order valence-electron chi connectivity index (χ0n) is 17.6. The quantitative estimate of drug-likeness (QED) is 0.446. The van der Waals surface area contributed by atoms with Crippen molar-refractivity contribution in [1.29, 1.82) is 0 Å². The molecule has 0 unspecified atom stereocenters. The number of ether oxygens (including phenoxy) is 1. The second-order valence-electron chi connectivity index (χ2n) is 7.61. The molecule has 0 radical (unpaired) electrons. The van der Waals surface area contributed by atoms with Crippen LogP contribution < -0.4 is 10.1 Å². The van der Waals surface area contributed by atoms with Gasteiger partial charge in [-0.2, -0.15) is 0 Å². The maximum Gasteiger partial charge on any atom is 0.170 e. The molecule has 0 amide bonds. The van der Waals surface area contributed by atoms with Gasteiger partial charge in [0.05, 0.1) is 24.9 Å². The fourth-order valence-corrected chi connectivity index (χ4v) is 4.52. The van der Waals surface area contributed by atoms with Crippen LogP contribution in [-0.2, 0) is 6.54 Å². The Bertz CT molecular complexity index is 1210. The zero-order valence-corrected chi connectivity index (χ0v) is 18.4. The van der Waals surface area contributed by atoms with Gasteiger partial charge in [-0.25, -0.2) is 0 Å². The molecule has 1 aliphatic heterocycles. The van der Waals surface area contributed by atoms with Crippen LogP contribution in [0.1, 0.15) is 29.0 Å². The van der Waals surface area contributed by atoms with Crippen LogP contribution in [0.5, 0.6) is 5.75 Å². The molecule has 1 N–H and O–H groups in total.